The number of hydrogen-bond donors (Lipinski definition) is 1. The fourth-order valence-corrected chi connectivity index (χ4v) is 3.89. The maximum Gasteiger partial charge on any atom is 0.336 e. The van der Waals surface area contributed by atoms with Gasteiger partial charge >= 0.3 is 5.97 Å². The summed E-state index contributed by atoms with van der Waals surface area (Å²) in [5.74, 6) is -2.54. The maximum atomic E-state index is 13.0. The zero-order valence-electron chi connectivity index (χ0n) is 15.5. The number of carbonyl (C=O) groups excluding carboxylic acids is 3. The summed E-state index contributed by atoms with van der Waals surface area (Å²) in [4.78, 5) is 49.6. The lowest BCUT2D eigenvalue weighted by Gasteiger charge is -2.15. The van der Waals surface area contributed by atoms with E-state index >= 15 is 0 Å². The maximum absolute atomic E-state index is 13.0. The number of carboxylic acid groups (broad SMARTS) is 1. The molecule has 6 nitrogen and oxygen atoms in total. The van der Waals surface area contributed by atoms with E-state index < -0.39 is 17.8 Å². The van der Waals surface area contributed by atoms with E-state index in [1.54, 1.807) is 12.1 Å². The minimum atomic E-state index is -1.34. The number of anilines is 1. The molecule has 6 heteroatoms. The van der Waals surface area contributed by atoms with Crippen LogP contribution >= 0.6 is 0 Å². The predicted octanol–water partition coefficient (Wildman–Crippen LogP) is 4.30. The zero-order valence-corrected chi connectivity index (χ0v) is 15.5. The van der Waals surface area contributed by atoms with Crippen molar-refractivity contribution >= 4 is 51.3 Å². The Bertz CT molecular complexity index is 1440. The highest BCUT2D eigenvalue weighted by Crippen LogP contribution is 2.33. The van der Waals surface area contributed by atoms with E-state index in [0.29, 0.717) is 12.0 Å². The zero-order chi connectivity index (χ0) is 21.0. The Morgan fingerprint density at radius 2 is 1.37 bits per heavy atom. The van der Waals surface area contributed by atoms with Gasteiger partial charge < -0.3 is 5.11 Å². The molecule has 1 N–H and O–H groups in total. The molecule has 30 heavy (non-hydrogen) atoms. The van der Waals surface area contributed by atoms with Crippen LogP contribution in [0.3, 0.4) is 0 Å². The summed E-state index contributed by atoms with van der Waals surface area (Å²) >= 11 is 0. The van der Waals surface area contributed by atoms with Crippen molar-refractivity contribution in [3.05, 3.63) is 89.0 Å². The van der Waals surface area contributed by atoms with E-state index in [4.69, 9.17) is 0 Å². The quantitative estimate of drug-likeness (QED) is 0.317. The Morgan fingerprint density at radius 1 is 0.767 bits per heavy atom. The van der Waals surface area contributed by atoms with Gasteiger partial charge in [-0.3, -0.25) is 14.4 Å². The van der Waals surface area contributed by atoms with Gasteiger partial charge in [0.05, 0.1) is 22.4 Å². The van der Waals surface area contributed by atoms with Gasteiger partial charge in [-0.2, -0.15) is 0 Å². The highest BCUT2D eigenvalue weighted by molar-refractivity contribution is 6.35. The van der Waals surface area contributed by atoms with E-state index in [1.165, 1.54) is 6.07 Å². The summed E-state index contributed by atoms with van der Waals surface area (Å²) in [6.07, 6.45) is 0.366. The molecule has 4 aromatic carbocycles. The molecule has 0 bridgehead atoms. The normalized spacial score (nSPS) is 13.1. The summed E-state index contributed by atoms with van der Waals surface area (Å²) in [7, 11) is 0. The molecular formula is C24H13NO5. The molecule has 0 fully saturated rings. The summed E-state index contributed by atoms with van der Waals surface area (Å²) in [6, 6.07) is 19.4. The topological polar surface area (TPSA) is 91.8 Å². The number of carboxylic acids is 1. The van der Waals surface area contributed by atoms with Crippen LogP contribution < -0.4 is 4.90 Å². The molecule has 0 radical (unpaired) electrons. The average Bonchev–Trinajstić information content (AvgIpc) is 3.00. The van der Waals surface area contributed by atoms with Crippen LogP contribution in [-0.2, 0) is 0 Å². The van der Waals surface area contributed by atoms with Crippen molar-refractivity contribution in [2.75, 3.05) is 4.90 Å². The number of nitrogens with zero attached hydrogens (tertiary/aromatic N) is 1. The number of aldehydes is 1. The fourth-order valence-electron chi connectivity index (χ4n) is 3.89. The number of rotatable bonds is 3. The first-order valence-electron chi connectivity index (χ1n) is 9.16. The van der Waals surface area contributed by atoms with Crippen LogP contribution in [0.15, 0.2) is 66.7 Å². The van der Waals surface area contributed by atoms with E-state index in [2.05, 4.69) is 0 Å². The number of fused-ring (bicyclic) bond motifs is 3. The minimum absolute atomic E-state index is 0.0192. The molecule has 144 valence electrons. The summed E-state index contributed by atoms with van der Waals surface area (Å²) in [6.45, 7) is 0. The van der Waals surface area contributed by atoms with Crippen LogP contribution in [0.25, 0.3) is 21.5 Å². The van der Waals surface area contributed by atoms with Gasteiger partial charge in [-0.15, -0.1) is 0 Å². The van der Waals surface area contributed by atoms with Crippen molar-refractivity contribution < 1.29 is 24.3 Å². The van der Waals surface area contributed by atoms with Gasteiger partial charge in [-0.25, -0.2) is 9.69 Å². The molecule has 0 spiro atoms. The van der Waals surface area contributed by atoms with Gasteiger partial charge in [0.25, 0.3) is 11.8 Å². The van der Waals surface area contributed by atoms with Gasteiger partial charge in [-0.1, -0.05) is 30.3 Å². The number of hydrogen-bond acceptors (Lipinski definition) is 4. The van der Waals surface area contributed by atoms with Crippen molar-refractivity contribution in [2.24, 2.45) is 0 Å². The number of aromatic carboxylic acids is 1. The molecule has 1 aliphatic heterocycles. The minimum Gasteiger partial charge on any atom is -0.478 e. The van der Waals surface area contributed by atoms with Crippen LogP contribution in [0, 0.1) is 0 Å². The summed E-state index contributed by atoms with van der Waals surface area (Å²) in [5.41, 5.74) is -0.0770. The van der Waals surface area contributed by atoms with Gasteiger partial charge in [0.2, 0.25) is 0 Å². The summed E-state index contributed by atoms with van der Waals surface area (Å²) in [5, 5.41) is 13.2. The van der Waals surface area contributed by atoms with Gasteiger partial charge in [0.1, 0.15) is 0 Å². The Balaban J connectivity index is 1.64. The molecule has 0 aromatic heterocycles. The van der Waals surface area contributed by atoms with Gasteiger partial charge in [0, 0.05) is 5.56 Å². The first kappa shape index (κ1) is 17.8. The van der Waals surface area contributed by atoms with Crippen LogP contribution in [-0.4, -0.2) is 29.2 Å². The highest BCUT2D eigenvalue weighted by Gasteiger charge is 2.38. The molecule has 0 atom stereocenters. The molecule has 2 amide bonds. The van der Waals surface area contributed by atoms with Crippen molar-refractivity contribution in [3.8, 4) is 0 Å². The third-order valence-corrected chi connectivity index (χ3v) is 5.36. The van der Waals surface area contributed by atoms with Crippen molar-refractivity contribution in [3.63, 3.8) is 0 Å². The molecular weight excluding hydrogens is 382 g/mol. The molecule has 1 heterocycles. The van der Waals surface area contributed by atoms with Crippen LogP contribution in [0.1, 0.15) is 41.4 Å². The standard InChI is InChI=1S/C24H13NO5/c26-12-17-10-20-21(11-19(17)24(29)30)23(28)25(22(20)27)18-6-5-15-7-13-3-1-2-4-14(13)8-16(15)9-18/h1-12H,(H,29,30). The monoisotopic (exact) mass is 395 g/mol. The Morgan fingerprint density at radius 3 is 2.00 bits per heavy atom. The predicted molar refractivity (Wildman–Crippen MR) is 111 cm³/mol. The van der Waals surface area contributed by atoms with Crippen LogP contribution in [0.4, 0.5) is 5.69 Å². The molecule has 4 aromatic rings. The molecule has 5 rings (SSSR count). The second kappa shape index (κ2) is 6.35. The largest absolute Gasteiger partial charge is 0.478 e. The van der Waals surface area contributed by atoms with E-state index in [1.807, 2.05) is 42.5 Å². The highest BCUT2D eigenvalue weighted by atomic mass is 16.4. The first-order chi connectivity index (χ1) is 14.5. The second-order valence-corrected chi connectivity index (χ2v) is 7.08. The number of imide groups is 1. The van der Waals surface area contributed by atoms with E-state index in [9.17, 15) is 24.3 Å². The fraction of sp³-hybridized carbons (Fsp3) is 0. The number of benzene rings is 4. The second-order valence-electron chi connectivity index (χ2n) is 7.08. The van der Waals surface area contributed by atoms with Crippen molar-refractivity contribution in [2.45, 2.75) is 0 Å². The molecule has 1 aliphatic rings. The van der Waals surface area contributed by atoms with Crippen molar-refractivity contribution in [1.82, 2.24) is 0 Å². The van der Waals surface area contributed by atoms with E-state index in [0.717, 1.165) is 32.5 Å². The van der Waals surface area contributed by atoms with Gasteiger partial charge in [-0.05, 0) is 57.9 Å². The Kier molecular flexibility index (Phi) is 3.76. The Labute approximate surface area is 170 Å². The summed E-state index contributed by atoms with van der Waals surface area (Å²) < 4.78 is 0. The average molecular weight is 395 g/mol. The van der Waals surface area contributed by atoms with E-state index in [-0.39, 0.29) is 22.3 Å². The smallest absolute Gasteiger partial charge is 0.336 e. The Hall–Kier alpha value is -4.32. The molecule has 0 saturated carbocycles. The lowest BCUT2D eigenvalue weighted by molar-refractivity contribution is 0.0693. The van der Waals surface area contributed by atoms with Gasteiger partial charge in [0.15, 0.2) is 6.29 Å². The first-order valence-corrected chi connectivity index (χ1v) is 9.16. The van der Waals surface area contributed by atoms with Crippen LogP contribution in [0.2, 0.25) is 0 Å². The number of carbonyl (C=O) groups is 4. The lowest BCUT2D eigenvalue weighted by atomic mass is 10.0. The number of amides is 2. The van der Waals surface area contributed by atoms with Crippen LogP contribution in [0.5, 0.6) is 0 Å². The SMILES string of the molecule is O=Cc1cc2c(cc1C(=O)O)C(=O)N(c1ccc3cc4ccccc4cc3c1)C2=O. The molecule has 0 unspecified atom stereocenters. The third-order valence-electron chi connectivity index (χ3n) is 5.36. The molecule has 0 saturated heterocycles. The molecule has 0 aliphatic carbocycles. The third kappa shape index (κ3) is 2.51. The lowest BCUT2D eigenvalue weighted by Crippen LogP contribution is -2.29. The van der Waals surface area contributed by atoms with Crippen molar-refractivity contribution in [1.29, 1.82) is 0 Å².